The summed E-state index contributed by atoms with van der Waals surface area (Å²) in [7, 11) is 1.81. The lowest BCUT2D eigenvalue weighted by Crippen LogP contribution is -2.38. The molecule has 1 aromatic heterocycles. The van der Waals surface area contributed by atoms with Crippen LogP contribution in [-0.4, -0.2) is 31.1 Å². The summed E-state index contributed by atoms with van der Waals surface area (Å²) in [6.07, 6.45) is 8.45. The standard InChI is InChI=1S/C15H26N4/c1-4-5-6-9-18-15(16-3)19-11-8-14-7-10-17-12-13(14)2/h7,10,12H,4-6,8-9,11H2,1-3H3,(H2,16,18,19). The first kappa shape index (κ1) is 15.5. The molecule has 0 spiro atoms. The van der Waals surface area contributed by atoms with Crippen LogP contribution in [0, 0.1) is 6.92 Å². The second kappa shape index (κ2) is 9.36. The predicted molar refractivity (Wildman–Crippen MR) is 81.6 cm³/mol. The van der Waals surface area contributed by atoms with Gasteiger partial charge in [0, 0.05) is 32.5 Å². The third kappa shape index (κ3) is 6.22. The van der Waals surface area contributed by atoms with Gasteiger partial charge in [-0.25, -0.2) is 0 Å². The lowest BCUT2D eigenvalue weighted by molar-refractivity contribution is 0.682. The fourth-order valence-corrected chi connectivity index (χ4v) is 1.90. The summed E-state index contributed by atoms with van der Waals surface area (Å²) < 4.78 is 0. The molecule has 1 heterocycles. The molecule has 19 heavy (non-hydrogen) atoms. The first-order valence-electron chi connectivity index (χ1n) is 7.12. The van der Waals surface area contributed by atoms with Crippen LogP contribution in [0.25, 0.3) is 0 Å². The van der Waals surface area contributed by atoms with Crippen LogP contribution < -0.4 is 10.6 Å². The molecule has 0 aliphatic carbocycles. The highest BCUT2D eigenvalue weighted by Gasteiger charge is 1.99. The van der Waals surface area contributed by atoms with E-state index in [4.69, 9.17) is 0 Å². The van der Waals surface area contributed by atoms with Crippen LogP contribution in [0.15, 0.2) is 23.5 Å². The van der Waals surface area contributed by atoms with E-state index in [0.29, 0.717) is 0 Å². The lowest BCUT2D eigenvalue weighted by atomic mass is 10.1. The number of hydrogen-bond acceptors (Lipinski definition) is 2. The van der Waals surface area contributed by atoms with Gasteiger partial charge in [0.1, 0.15) is 0 Å². The number of aryl methyl sites for hydroxylation is 1. The number of pyridine rings is 1. The molecular weight excluding hydrogens is 236 g/mol. The van der Waals surface area contributed by atoms with Crippen molar-refractivity contribution in [3.63, 3.8) is 0 Å². The van der Waals surface area contributed by atoms with Crippen molar-refractivity contribution in [2.45, 2.75) is 39.5 Å². The molecule has 1 rings (SSSR count). The van der Waals surface area contributed by atoms with E-state index in [1.54, 1.807) is 0 Å². The summed E-state index contributed by atoms with van der Waals surface area (Å²) in [6, 6.07) is 2.08. The number of nitrogens with zero attached hydrogens (tertiary/aromatic N) is 2. The van der Waals surface area contributed by atoms with Crippen molar-refractivity contribution >= 4 is 5.96 Å². The fourth-order valence-electron chi connectivity index (χ4n) is 1.90. The first-order chi connectivity index (χ1) is 9.27. The SMILES string of the molecule is CCCCCNC(=NC)NCCc1ccncc1C. The van der Waals surface area contributed by atoms with Crippen molar-refractivity contribution in [1.29, 1.82) is 0 Å². The highest BCUT2D eigenvalue weighted by molar-refractivity contribution is 5.79. The average Bonchev–Trinajstić information content (AvgIpc) is 2.43. The third-order valence-electron chi connectivity index (χ3n) is 3.12. The molecule has 4 nitrogen and oxygen atoms in total. The Kier molecular flexibility index (Phi) is 7.63. The van der Waals surface area contributed by atoms with E-state index >= 15 is 0 Å². The topological polar surface area (TPSA) is 49.3 Å². The molecule has 0 unspecified atom stereocenters. The molecule has 106 valence electrons. The fraction of sp³-hybridized carbons (Fsp3) is 0.600. The summed E-state index contributed by atoms with van der Waals surface area (Å²) in [6.45, 7) is 6.18. The van der Waals surface area contributed by atoms with Crippen molar-refractivity contribution in [1.82, 2.24) is 15.6 Å². The van der Waals surface area contributed by atoms with Gasteiger partial charge >= 0.3 is 0 Å². The van der Waals surface area contributed by atoms with Gasteiger partial charge in [-0.1, -0.05) is 19.8 Å². The molecule has 0 radical (unpaired) electrons. The van der Waals surface area contributed by atoms with Crippen molar-refractivity contribution < 1.29 is 0 Å². The number of unbranched alkanes of at least 4 members (excludes halogenated alkanes) is 2. The van der Waals surface area contributed by atoms with Gasteiger partial charge in [0.2, 0.25) is 0 Å². The Morgan fingerprint density at radius 2 is 2.05 bits per heavy atom. The summed E-state index contributed by atoms with van der Waals surface area (Å²) in [4.78, 5) is 8.33. The minimum Gasteiger partial charge on any atom is -0.356 e. The maximum absolute atomic E-state index is 4.22. The summed E-state index contributed by atoms with van der Waals surface area (Å²) in [5, 5.41) is 6.67. The molecule has 0 fully saturated rings. The van der Waals surface area contributed by atoms with E-state index in [9.17, 15) is 0 Å². The molecular formula is C15H26N4. The van der Waals surface area contributed by atoms with Crippen LogP contribution in [0.5, 0.6) is 0 Å². The monoisotopic (exact) mass is 262 g/mol. The van der Waals surface area contributed by atoms with E-state index in [-0.39, 0.29) is 0 Å². The number of nitrogens with one attached hydrogen (secondary N) is 2. The maximum atomic E-state index is 4.22. The molecule has 0 aliphatic heterocycles. The molecule has 4 heteroatoms. The van der Waals surface area contributed by atoms with Crippen LogP contribution in [0.1, 0.15) is 37.3 Å². The Morgan fingerprint density at radius 1 is 1.26 bits per heavy atom. The summed E-state index contributed by atoms with van der Waals surface area (Å²) in [5.41, 5.74) is 2.58. The first-order valence-corrected chi connectivity index (χ1v) is 7.12. The van der Waals surface area contributed by atoms with Gasteiger partial charge in [-0.2, -0.15) is 0 Å². The van der Waals surface area contributed by atoms with Gasteiger partial charge in [-0.05, 0) is 37.0 Å². The Labute approximate surface area is 116 Å². The molecule has 0 bridgehead atoms. The molecule has 2 N–H and O–H groups in total. The van der Waals surface area contributed by atoms with Gasteiger partial charge in [-0.3, -0.25) is 9.98 Å². The molecule has 1 aromatic rings. The zero-order valence-corrected chi connectivity index (χ0v) is 12.4. The second-order valence-corrected chi connectivity index (χ2v) is 4.69. The van der Waals surface area contributed by atoms with Gasteiger partial charge < -0.3 is 10.6 Å². The third-order valence-corrected chi connectivity index (χ3v) is 3.12. The Bertz CT molecular complexity index is 387. The van der Waals surface area contributed by atoms with Crippen molar-refractivity contribution in [3.8, 4) is 0 Å². The number of hydrogen-bond donors (Lipinski definition) is 2. The molecule has 0 aromatic carbocycles. The van der Waals surface area contributed by atoms with E-state index < -0.39 is 0 Å². The van der Waals surface area contributed by atoms with Gasteiger partial charge in [0.15, 0.2) is 5.96 Å². The van der Waals surface area contributed by atoms with Crippen LogP contribution >= 0.6 is 0 Å². The summed E-state index contributed by atoms with van der Waals surface area (Å²) in [5.74, 6) is 0.891. The van der Waals surface area contributed by atoms with Crippen LogP contribution in [-0.2, 0) is 6.42 Å². The average molecular weight is 262 g/mol. The highest BCUT2D eigenvalue weighted by atomic mass is 15.2. The van der Waals surface area contributed by atoms with E-state index in [1.165, 1.54) is 30.4 Å². The van der Waals surface area contributed by atoms with Gasteiger partial charge in [0.25, 0.3) is 0 Å². The van der Waals surface area contributed by atoms with E-state index in [2.05, 4.69) is 40.5 Å². The molecule has 0 saturated heterocycles. The number of rotatable bonds is 7. The van der Waals surface area contributed by atoms with Crippen LogP contribution in [0.2, 0.25) is 0 Å². The van der Waals surface area contributed by atoms with Gasteiger partial charge in [0.05, 0.1) is 0 Å². The van der Waals surface area contributed by atoms with Gasteiger partial charge in [-0.15, -0.1) is 0 Å². The van der Waals surface area contributed by atoms with Crippen molar-refractivity contribution in [2.24, 2.45) is 4.99 Å². The normalized spacial score (nSPS) is 11.4. The zero-order valence-electron chi connectivity index (χ0n) is 12.4. The highest BCUT2D eigenvalue weighted by Crippen LogP contribution is 2.04. The Balaban J connectivity index is 2.25. The van der Waals surface area contributed by atoms with Crippen LogP contribution in [0.4, 0.5) is 0 Å². The quantitative estimate of drug-likeness (QED) is 0.450. The predicted octanol–water partition coefficient (Wildman–Crippen LogP) is 2.29. The maximum Gasteiger partial charge on any atom is 0.190 e. The van der Waals surface area contributed by atoms with Crippen LogP contribution in [0.3, 0.4) is 0 Å². The minimum absolute atomic E-state index is 0.887. The van der Waals surface area contributed by atoms with E-state index in [0.717, 1.165) is 25.5 Å². The lowest BCUT2D eigenvalue weighted by Gasteiger charge is -2.12. The number of aliphatic imine (C=N–C) groups is 1. The largest absolute Gasteiger partial charge is 0.356 e. The Morgan fingerprint density at radius 3 is 2.74 bits per heavy atom. The molecule has 0 aliphatic rings. The van der Waals surface area contributed by atoms with Crippen molar-refractivity contribution in [2.75, 3.05) is 20.1 Å². The molecule has 0 amide bonds. The Hall–Kier alpha value is -1.58. The smallest absolute Gasteiger partial charge is 0.190 e. The minimum atomic E-state index is 0.887. The van der Waals surface area contributed by atoms with Crippen molar-refractivity contribution in [3.05, 3.63) is 29.6 Å². The second-order valence-electron chi connectivity index (χ2n) is 4.69. The molecule has 0 atom stereocenters. The molecule has 0 saturated carbocycles. The number of aromatic nitrogens is 1. The number of guanidine groups is 1. The summed E-state index contributed by atoms with van der Waals surface area (Å²) >= 11 is 0. The zero-order chi connectivity index (χ0) is 13.9. The van der Waals surface area contributed by atoms with E-state index in [1.807, 2.05) is 19.4 Å².